The number of rotatable bonds is 4. The van der Waals surface area contributed by atoms with Crippen LogP contribution in [-0.4, -0.2) is 12.1 Å². The van der Waals surface area contributed by atoms with E-state index in [2.05, 4.69) is 121 Å². The molecule has 0 unspecified atom stereocenters. The molecule has 4 aliphatic rings. The zero-order valence-electron chi connectivity index (χ0n) is 20.5. The van der Waals surface area contributed by atoms with E-state index >= 15 is 0 Å². The maximum atomic E-state index is 5.21. The van der Waals surface area contributed by atoms with Gasteiger partial charge in [-0.2, -0.15) is 20.5 Å². The highest BCUT2D eigenvalue weighted by molar-refractivity contribution is 5.47. The Morgan fingerprint density at radius 3 is 1.03 bits per heavy atom. The molecule has 4 aromatic rings. The lowest BCUT2D eigenvalue weighted by molar-refractivity contribution is 0.147. The maximum Gasteiger partial charge on any atom is 0.137 e. The number of nitrogens with zero attached hydrogens (tertiary/aromatic N) is 4. The molecule has 0 aromatic heterocycles. The average Bonchev–Trinajstić information content (AvgIpc) is 3.74. The summed E-state index contributed by atoms with van der Waals surface area (Å²) in [7, 11) is 0. The van der Waals surface area contributed by atoms with E-state index in [1.165, 1.54) is 22.3 Å². The predicted molar refractivity (Wildman–Crippen MR) is 143 cm³/mol. The molecule has 0 spiro atoms. The standard InChI is InChI=1S/C33H28N4/c1-5-13-22(14-6-1)32(23-15-7-2-8-16-23)28-26-21-27(30(28)34-36-32)29-31(26)35-37-33(29,24-17-9-3-10-18-24)25-19-11-4-12-20-25/h1-20,26-31H,21H2/t26-,27+,28+,29-,30-,31+. The number of benzene rings is 4. The molecule has 8 rings (SSSR count). The quantitative estimate of drug-likeness (QED) is 0.292. The lowest BCUT2D eigenvalue weighted by Gasteiger charge is -2.43. The Labute approximate surface area is 217 Å². The number of hydrogen-bond acceptors (Lipinski definition) is 4. The Morgan fingerprint density at radius 2 is 0.730 bits per heavy atom. The predicted octanol–water partition coefficient (Wildman–Crippen LogP) is 7.42. The third-order valence-electron chi connectivity index (χ3n) is 9.60. The molecule has 4 heteroatoms. The second-order valence-electron chi connectivity index (χ2n) is 11.0. The second-order valence-corrected chi connectivity index (χ2v) is 11.0. The van der Waals surface area contributed by atoms with Gasteiger partial charge in [-0.15, -0.1) is 0 Å². The van der Waals surface area contributed by atoms with Crippen LogP contribution in [0.4, 0.5) is 0 Å². The maximum absolute atomic E-state index is 5.21. The van der Waals surface area contributed by atoms with E-state index in [1.54, 1.807) is 0 Å². The number of hydrogen-bond donors (Lipinski definition) is 0. The molecule has 2 aliphatic heterocycles. The van der Waals surface area contributed by atoms with Gasteiger partial charge in [-0.25, -0.2) is 0 Å². The fourth-order valence-electron chi connectivity index (χ4n) is 8.33. The van der Waals surface area contributed by atoms with Gasteiger partial charge in [0.05, 0.1) is 12.1 Å². The molecule has 6 atom stereocenters. The third kappa shape index (κ3) is 2.68. The first-order chi connectivity index (χ1) is 18.3. The van der Waals surface area contributed by atoms with E-state index in [-0.39, 0.29) is 23.9 Å². The SMILES string of the molecule is c1ccc(C2(c3ccccc3)N=N[C@H]3[C@@H]4C[C@H]([C@H]5N=NC(c6ccccc6)(c6ccccc6)[C@@H]45)[C@H]32)cc1. The molecule has 180 valence electrons. The van der Waals surface area contributed by atoms with Crippen LogP contribution < -0.4 is 0 Å². The number of fused-ring (bicyclic) bond motifs is 8. The van der Waals surface area contributed by atoms with Crippen LogP contribution in [0.15, 0.2) is 142 Å². The minimum Gasteiger partial charge on any atom is -0.189 e. The summed E-state index contributed by atoms with van der Waals surface area (Å²) in [6.07, 6.45) is 1.13. The van der Waals surface area contributed by atoms with E-state index in [4.69, 9.17) is 20.5 Å². The summed E-state index contributed by atoms with van der Waals surface area (Å²) in [6.45, 7) is 0. The summed E-state index contributed by atoms with van der Waals surface area (Å²) in [5.41, 5.74) is 3.97. The van der Waals surface area contributed by atoms with Crippen molar-refractivity contribution in [1.29, 1.82) is 0 Å². The molecular formula is C33H28N4. The van der Waals surface area contributed by atoms with Gasteiger partial charge in [0.25, 0.3) is 0 Å². The highest BCUT2D eigenvalue weighted by Gasteiger charge is 2.72. The van der Waals surface area contributed by atoms with Crippen molar-refractivity contribution < 1.29 is 0 Å². The molecular weight excluding hydrogens is 452 g/mol. The average molecular weight is 481 g/mol. The van der Waals surface area contributed by atoms with Crippen molar-refractivity contribution in [3.63, 3.8) is 0 Å². The second kappa shape index (κ2) is 7.79. The molecule has 0 amide bonds. The van der Waals surface area contributed by atoms with Crippen LogP contribution in [0.3, 0.4) is 0 Å². The van der Waals surface area contributed by atoms with Crippen molar-refractivity contribution in [2.24, 2.45) is 44.1 Å². The van der Waals surface area contributed by atoms with Gasteiger partial charge in [0, 0.05) is 11.8 Å². The summed E-state index contributed by atoms with van der Waals surface area (Å²) < 4.78 is 0. The van der Waals surface area contributed by atoms with Gasteiger partial charge in [-0.3, -0.25) is 0 Å². The summed E-state index contributed by atoms with van der Waals surface area (Å²) in [5.74, 6) is 1.33. The van der Waals surface area contributed by atoms with Crippen LogP contribution >= 0.6 is 0 Å². The van der Waals surface area contributed by atoms with E-state index in [9.17, 15) is 0 Å². The minimum absolute atomic E-state index is 0.168. The Balaban J connectivity index is 1.29. The largest absolute Gasteiger partial charge is 0.189 e. The number of azo groups is 2. The molecule has 4 nitrogen and oxygen atoms in total. The molecule has 2 aliphatic carbocycles. The van der Waals surface area contributed by atoms with Crippen molar-refractivity contribution >= 4 is 0 Å². The molecule has 2 heterocycles. The minimum atomic E-state index is -0.474. The molecule has 0 radical (unpaired) electrons. The zero-order chi connectivity index (χ0) is 24.5. The Morgan fingerprint density at radius 1 is 0.432 bits per heavy atom. The summed E-state index contributed by atoms with van der Waals surface area (Å²) in [4.78, 5) is 0. The van der Waals surface area contributed by atoms with Crippen LogP contribution in [0, 0.1) is 23.7 Å². The van der Waals surface area contributed by atoms with E-state index in [0.717, 1.165) is 6.42 Å². The normalized spacial score (nSPS) is 31.4. The Hall–Kier alpha value is -3.92. The van der Waals surface area contributed by atoms with Crippen LogP contribution in [0.25, 0.3) is 0 Å². The third-order valence-corrected chi connectivity index (χ3v) is 9.60. The van der Waals surface area contributed by atoms with Crippen molar-refractivity contribution in [2.75, 3.05) is 0 Å². The summed E-state index contributed by atoms with van der Waals surface area (Å²) >= 11 is 0. The van der Waals surface area contributed by atoms with Gasteiger partial charge >= 0.3 is 0 Å². The molecule has 0 N–H and O–H groups in total. The van der Waals surface area contributed by atoms with Crippen LogP contribution in [0.2, 0.25) is 0 Å². The van der Waals surface area contributed by atoms with Crippen molar-refractivity contribution in [3.05, 3.63) is 144 Å². The molecule has 4 aromatic carbocycles. The van der Waals surface area contributed by atoms with Gasteiger partial charge in [0.2, 0.25) is 0 Å². The Kier molecular flexibility index (Phi) is 4.46. The van der Waals surface area contributed by atoms with Gasteiger partial charge in [-0.1, -0.05) is 121 Å². The zero-order valence-corrected chi connectivity index (χ0v) is 20.5. The Bertz CT molecular complexity index is 1290. The van der Waals surface area contributed by atoms with Crippen molar-refractivity contribution in [1.82, 2.24) is 0 Å². The highest BCUT2D eigenvalue weighted by atomic mass is 15.3. The smallest absolute Gasteiger partial charge is 0.137 e. The van der Waals surface area contributed by atoms with Crippen molar-refractivity contribution in [3.8, 4) is 0 Å². The highest BCUT2D eigenvalue weighted by Crippen LogP contribution is 2.70. The topological polar surface area (TPSA) is 49.4 Å². The summed E-state index contributed by atoms with van der Waals surface area (Å²) in [5, 5.41) is 20.7. The molecule has 2 fully saturated rings. The fourth-order valence-corrected chi connectivity index (χ4v) is 8.33. The molecule has 37 heavy (non-hydrogen) atoms. The van der Waals surface area contributed by atoms with Crippen LogP contribution in [0.1, 0.15) is 28.7 Å². The molecule has 0 saturated heterocycles. The molecule has 2 bridgehead atoms. The lowest BCUT2D eigenvalue weighted by atomic mass is 9.59. The van der Waals surface area contributed by atoms with Gasteiger partial charge < -0.3 is 0 Å². The van der Waals surface area contributed by atoms with Crippen LogP contribution in [0.5, 0.6) is 0 Å². The van der Waals surface area contributed by atoms with Gasteiger partial charge in [0.1, 0.15) is 11.1 Å². The van der Waals surface area contributed by atoms with E-state index in [0.29, 0.717) is 11.8 Å². The first-order valence-electron chi connectivity index (χ1n) is 13.4. The lowest BCUT2D eigenvalue weighted by Crippen LogP contribution is -2.50. The summed E-state index contributed by atoms with van der Waals surface area (Å²) in [6, 6.07) is 43.5. The fraction of sp³-hybridized carbons (Fsp3) is 0.273. The first kappa shape index (κ1) is 21.2. The first-order valence-corrected chi connectivity index (χ1v) is 13.4. The monoisotopic (exact) mass is 480 g/mol. The molecule has 2 saturated carbocycles. The van der Waals surface area contributed by atoms with Gasteiger partial charge in [-0.05, 0) is 40.5 Å². The van der Waals surface area contributed by atoms with E-state index < -0.39 is 11.1 Å². The van der Waals surface area contributed by atoms with Crippen molar-refractivity contribution in [2.45, 2.75) is 29.6 Å². The van der Waals surface area contributed by atoms with Crippen LogP contribution in [-0.2, 0) is 11.1 Å². The van der Waals surface area contributed by atoms with Gasteiger partial charge in [0.15, 0.2) is 0 Å². The van der Waals surface area contributed by atoms with E-state index in [1.807, 2.05) is 0 Å².